The average molecular weight is 617 g/mol. The number of hydrogen-bond acceptors (Lipinski definition) is 8. The third kappa shape index (κ3) is 5.35. The third-order valence-electron chi connectivity index (χ3n) is 7.40. The summed E-state index contributed by atoms with van der Waals surface area (Å²) < 4.78 is 70.7. The lowest BCUT2D eigenvalue weighted by molar-refractivity contribution is 0.0903. The first-order chi connectivity index (χ1) is 20.1. The molecule has 0 spiro atoms. The quantitative estimate of drug-likeness (QED) is 0.245. The first-order valence-corrected chi connectivity index (χ1v) is 15.3. The number of anilines is 2. The first kappa shape index (κ1) is 28.5. The number of aliphatic hydroxyl groups is 1. The van der Waals surface area contributed by atoms with Crippen LogP contribution in [-0.4, -0.2) is 49.4 Å². The van der Waals surface area contributed by atoms with E-state index in [1.54, 1.807) is 18.3 Å². The highest BCUT2D eigenvalue weighted by Crippen LogP contribution is 2.41. The van der Waals surface area contributed by atoms with Gasteiger partial charge in [0.1, 0.15) is 29.2 Å². The Morgan fingerprint density at radius 2 is 1.93 bits per heavy atom. The van der Waals surface area contributed by atoms with Crippen molar-refractivity contribution in [2.45, 2.75) is 43.2 Å². The van der Waals surface area contributed by atoms with Crippen molar-refractivity contribution in [3.05, 3.63) is 70.4 Å². The number of sulfonamides is 1. The fourth-order valence-corrected chi connectivity index (χ4v) is 6.82. The molecule has 6 rings (SSSR count). The van der Waals surface area contributed by atoms with E-state index in [0.717, 1.165) is 36.6 Å². The van der Waals surface area contributed by atoms with Gasteiger partial charge >= 0.3 is 0 Å². The summed E-state index contributed by atoms with van der Waals surface area (Å²) in [6.07, 6.45) is 2.76. The maximum Gasteiger partial charge on any atom is 0.265 e. The van der Waals surface area contributed by atoms with E-state index < -0.39 is 39.0 Å². The van der Waals surface area contributed by atoms with Gasteiger partial charge in [0.25, 0.3) is 10.0 Å². The van der Waals surface area contributed by atoms with E-state index in [1.165, 1.54) is 6.07 Å². The van der Waals surface area contributed by atoms with E-state index in [4.69, 9.17) is 21.1 Å². The maximum absolute atomic E-state index is 15.9. The molecule has 4 aromatic rings. The van der Waals surface area contributed by atoms with Crippen LogP contribution in [0.4, 0.5) is 20.4 Å². The monoisotopic (exact) mass is 616 g/mol. The predicted molar refractivity (Wildman–Crippen MR) is 154 cm³/mol. The van der Waals surface area contributed by atoms with Gasteiger partial charge in [-0.15, -0.1) is 0 Å². The molecule has 1 unspecified atom stereocenters. The van der Waals surface area contributed by atoms with Crippen LogP contribution in [-0.2, 0) is 21.2 Å². The van der Waals surface area contributed by atoms with Crippen molar-refractivity contribution in [2.24, 2.45) is 0 Å². The molecule has 1 fully saturated rings. The molecule has 2 aliphatic rings. The molecule has 0 amide bonds. The van der Waals surface area contributed by atoms with Gasteiger partial charge < -0.3 is 19.9 Å². The van der Waals surface area contributed by atoms with Crippen LogP contribution < -0.4 is 14.8 Å². The zero-order valence-electron chi connectivity index (χ0n) is 22.5. The molecule has 3 N–H and O–H groups in total. The lowest BCUT2D eigenvalue weighted by Crippen LogP contribution is -2.28. The predicted octanol–water partition coefficient (Wildman–Crippen LogP) is 5.61. The van der Waals surface area contributed by atoms with Crippen LogP contribution in [0.25, 0.3) is 22.0 Å². The summed E-state index contributed by atoms with van der Waals surface area (Å²) in [4.78, 5) is 8.72. The standard InChI is InChI=1S/C29H27ClF2N4O5S/c1-2-15-9-16(10-17-13-33-29(35-27(15)17)34-19-5-7-40-8-6-19)25-21(31)3-4-22(26(25)32)36-42(38,39)24-12-18(30)11-20-23(37)14-41-28(20)24/h3-4,9-13,19,23,36-37H,2,5-8,14H2,1H3,(H,33,34,35). The van der Waals surface area contributed by atoms with Crippen molar-refractivity contribution < 1.29 is 31.8 Å². The van der Waals surface area contributed by atoms with Crippen LogP contribution in [0.2, 0.25) is 5.02 Å². The fraction of sp³-hybridized carbons (Fsp3) is 0.310. The normalized spacial score (nSPS) is 17.2. The summed E-state index contributed by atoms with van der Waals surface area (Å²) in [5.74, 6) is -1.58. The highest BCUT2D eigenvalue weighted by Gasteiger charge is 2.32. The highest BCUT2D eigenvalue weighted by atomic mass is 35.5. The van der Waals surface area contributed by atoms with Crippen molar-refractivity contribution in [2.75, 3.05) is 29.9 Å². The Morgan fingerprint density at radius 1 is 1.14 bits per heavy atom. The first-order valence-electron chi connectivity index (χ1n) is 13.4. The van der Waals surface area contributed by atoms with E-state index in [2.05, 4.69) is 20.0 Å². The van der Waals surface area contributed by atoms with Gasteiger partial charge in [-0.1, -0.05) is 18.5 Å². The summed E-state index contributed by atoms with van der Waals surface area (Å²) >= 11 is 6.09. The van der Waals surface area contributed by atoms with Gasteiger partial charge in [-0.25, -0.2) is 27.2 Å². The van der Waals surface area contributed by atoms with Crippen molar-refractivity contribution in [1.82, 2.24) is 9.97 Å². The van der Waals surface area contributed by atoms with E-state index in [-0.39, 0.29) is 39.4 Å². The number of benzene rings is 3. The van der Waals surface area contributed by atoms with Gasteiger partial charge in [-0.2, -0.15) is 0 Å². The number of fused-ring (bicyclic) bond motifs is 2. The van der Waals surface area contributed by atoms with E-state index in [9.17, 15) is 13.5 Å². The second-order valence-electron chi connectivity index (χ2n) is 10.2. The summed E-state index contributed by atoms with van der Waals surface area (Å²) in [5.41, 5.74) is 0.942. The molecule has 0 radical (unpaired) electrons. The Kier molecular flexibility index (Phi) is 7.64. The van der Waals surface area contributed by atoms with Crippen molar-refractivity contribution in [1.29, 1.82) is 0 Å². The molecule has 0 aliphatic carbocycles. The lowest BCUT2D eigenvalue weighted by atomic mass is 9.97. The molecule has 13 heteroatoms. The van der Waals surface area contributed by atoms with Gasteiger partial charge in [0, 0.05) is 41.4 Å². The van der Waals surface area contributed by atoms with Crippen LogP contribution in [0, 0.1) is 11.6 Å². The van der Waals surface area contributed by atoms with Crippen molar-refractivity contribution >= 4 is 44.2 Å². The zero-order chi connectivity index (χ0) is 29.6. The highest BCUT2D eigenvalue weighted by molar-refractivity contribution is 7.92. The number of aryl methyl sites for hydroxylation is 1. The van der Waals surface area contributed by atoms with E-state index >= 15 is 8.78 Å². The summed E-state index contributed by atoms with van der Waals surface area (Å²) in [6, 6.07) is 7.96. The van der Waals surface area contributed by atoms with Crippen LogP contribution in [0.5, 0.6) is 5.75 Å². The number of ether oxygens (including phenoxy) is 2. The van der Waals surface area contributed by atoms with Crippen LogP contribution in [0.1, 0.15) is 37.0 Å². The topological polar surface area (TPSA) is 123 Å². The summed E-state index contributed by atoms with van der Waals surface area (Å²) in [7, 11) is -4.45. The van der Waals surface area contributed by atoms with Gasteiger partial charge in [0.2, 0.25) is 5.95 Å². The average Bonchev–Trinajstić information content (AvgIpc) is 3.34. The minimum absolute atomic E-state index is 0.0514. The molecular weight excluding hydrogens is 590 g/mol. The van der Waals surface area contributed by atoms with Crippen molar-refractivity contribution in [3.63, 3.8) is 0 Å². The Hall–Kier alpha value is -3.58. The minimum atomic E-state index is -4.45. The second-order valence-corrected chi connectivity index (χ2v) is 12.3. The second kappa shape index (κ2) is 11.3. The van der Waals surface area contributed by atoms with Gasteiger partial charge in [0.15, 0.2) is 5.82 Å². The van der Waals surface area contributed by atoms with Crippen LogP contribution in [0.15, 0.2) is 47.5 Å². The Balaban J connectivity index is 1.36. The smallest absolute Gasteiger partial charge is 0.265 e. The largest absolute Gasteiger partial charge is 0.489 e. The Labute approximate surface area is 245 Å². The molecule has 1 saturated heterocycles. The van der Waals surface area contributed by atoms with E-state index in [1.807, 2.05) is 6.92 Å². The Morgan fingerprint density at radius 3 is 2.69 bits per heavy atom. The number of halogens is 3. The molecule has 0 saturated carbocycles. The molecule has 1 aromatic heterocycles. The number of nitrogens with one attached hydrogen (secondary N) is 2. The summed E-state index contributed by atoms with van der Waals surface area (Å²) in [5, 5.41) is 14.1. The SMILES string of the molecule is CCc1cc(-c2c(F)ccc(NS(=O)(=O)c3cc(Cl)cc4c3OCC4O)c2F)cc2cnc(NC3CCOCC3)nc12. The van der Waals surface area contributed by atoms with Crippen LogP contribution in [0.3, 0.4) is 0 Å². The fourth-order valence-electron chi connectivity index (χ4n) is 5.27. The molecule has 0 bridgehead atoms. The lowest BCUT2D eigenvalue weighted by Gasteiger charge is -2.23. The number of hydrogen-bond donors (Lipinski definition) is 3. The van der Waals surface area contributed by atoms with Crippen LogP contribution >= 0.6 is 11.6 Å². The zero-order valence-corrected chi connectivity index (χ0v) is 24.0. The van der Waals surface area contributed by atoms with Gasteiger partial charge in [-0.3, -0.25) is 4.72 Å². The van der Waals surface area contributed by atoms with Gasteiger partial charge in [0.05, 0.1) is 16.8 Å². The van der Waals surface area contributed by atoms with E-state index in [0.29, 0.717) is 36.5 Å². The number of rotatable bonds is 7. The molecule has 1 atom stereocenters. The molecule has 42 heavy (non-hydrogen) atoms. The molecule has 3 heterocycles. The molecule has 3 aromatic carbocycles. The molecule has 220 valence electrons. The minimum Gasteiger partial charge on any atom is -0.489 e. The third-order valence-corrected chi connectivity index (χ3v) is 8.99. The Bertz CT molecular complexity index is 1800. The van der Waals surface area contributed by atoms with Crippen molar-refractivity contribution in [3.8, 4) is 16.9 Å². The molecule has 9 nitrogen and oxygen atoms in total. The number of nitrogens with zero attached hydrogens (tertiary/aromatic N) is 2. The molecular formula is C29H27ClF2N4O5S. The summed E-state index contributed by atoms with van der Waals surface area (Å²) in [6.45, 7) is 3.09. The maximum atomic E-state index is 15.9. The van der Waals surface area contributed by atoms with Gasteiger partial charge in [-0.05, 0) is 66.8 Å². The number of aromatic nitrogens is 2. The number of aliphatic hydroxyl groups excluding tert-OH is 1. The molecule has 2 aliphatic heterocycles.